The van der Waals surface area contributed by atoms with E-state index in [2.05, 4.69) is 5.10 Å². The summed E-state index contributed by atoms with van der Waals surface area (Å²) >= 11 is 0. The standard InChI is InChI=1S/C6H11N3O/c1-9-5(2-3-8-9)6(10)4-7/h2-3,6,10H,4,7H2,1H3. The maximum absolute atomic E-state index is 9.21. The van der Waals surface area contributed by atoms with Gasteiger partial charge in [-0.15, -0.1) is 0 Å². The molecule has 0 spiro atoms. The minimum absolute atomic E-state index is 0.236. The Morgan fingerprint density at radius 3 is 3.00 bits per heavy atom. The Bertz CT molecular complexity index is 209. The zero-order valence-electron chi connectivity index (χ0n) is 5.86. The van der Waals surface area contributed by atoms with E-state index in [4.69, 9.17) is 5.73 Å². The van der Waals surface area contributed by atoms with Crippen molar-refractivity contribution < 1.29 is 5.11 Å². The second-order valence-corrected chi connectivity index (χ2v) is 2.13. The van der Waals surface area contributed by atoms with Gasteiger partial charge in [0.05, 0.1) is 5.69 Å². The van der Waals surface area contributed by atoms with Gasteiger partial charge in [-0.1, -0.05) is 0 Å². The van der Waals surface area contributed by atoms with Gasteiger partial charge < -0.3 is 10.8 Å². The van der Waals surface area contributed by atoms with Crippen molar-refractivity contribution in [3.63, 3.8) is 0 Å². The fraction of sp³-hybridized carbons (Fsp3) is 0.500. The molecule has 0 saturated heterocycles. The Kier molecular flexibility index (Phi) is 2.03. The molecule has 1 heterocycles. The minimum Gasteiger partial charge on any atom is -0.385 e. The van der Waals surface area contributed by atoms with Gasteiger partial charge in [-0.05, 0) is 6.07 Å². The van der Waals surface area contributed by atoms with E-state index < -0.39 is 6.10 Å². The molecule has 1 aromatic heterocycles. The molecule has 1 rings (SSSR count). The highest BCUT2D eigenvalue weighted by Gasteiger charge is 2.07. The summed E-state index contributed by atoms with van der Waals surface area (Å²) in [5.41, 5.74) is 5.99. The number of aryl methyl sites for hydroxylation is 1. The zero-order chi connectivity index (χ0) is 7.56. The van der Waals surface area contributed by atoms with Crippen LogP contribution in [0.3, 0.4) is 0 Å². The van der Waals surface area contributed by atoms with Crippen molar-refractivity contribution in [2.24, 2.45) is 12.8 Å². The molecule has 0 radical (unpaired) electrons. The Morgan fingerprint density at radius 1 is 1.90 bits per heavy atom. The summed E-state index contributed by atoms with van der Waals surface area (Å²) in [5.74, 6) is 0. The first kappa shape index (κ1) is 7.24. The third-order valence-electron chi connectivity index (χ3n) is 1.42. The number of nitrogens with two attached hydrogens (primary N) is 1. The minimum atomic E-state index is -0.590. The fourth-order valence-electron chi connectivity index (χ4n) is 0.832. The summed E-state index contributed by atoms with van der Waals surface area (Å²) < 4.78 is 1.61. The molecule has 0 aliphatic heterocycles. The van der Waals surface area contributed by atoms with Crippen LogP contribution in [0.25, 0.3) is 0 Å². The van der Waals surface area contributed by atoms with Gasteiger partial charge in [0.15, 0.2) is 0 Å². The van der Waals surface area contributed by atoms with E-state index in [1.165, 1.54) is 0 Å². The van der Waals surface area contributed by atoms with Crippen molar-refractivity contribution in [1.82, 2.24) is 9.78 Å². The summed E-state index contributed by atoms with van der Waals surface area (Å²) in [4.78, 5) is 0. The van der Waals surface area contributed by atoms with Crippen molar-refractivity contribution in [1.29, 1.82) is 0 Å². The van der Waals surface area contributed by atoms with Crippen LogP contribution in [-0.4, -0.2) is 21.4 Å². The van der Waals surface area contributed by atoms with Crippen LogP contribution >= 0.6 is 0 Å². The highest BCUT2D eigenvalue weighted by Crippen LogP contribution is 2.07. The second kappa shape index (κ2) is 2.81. The lowest BCUT2D eigenvalue weighted by Gasteiger charge is -2.06. The number of hydrogen-bond acceptors (Lipinski definition) is 3. The van der Waals surface area contributed by atoms with Gasteiger partial charge in [0.2, 0.25) is 0 Å². The zero-order valence-corrected chi connectivity index (χ0v) is 5.86. The first-order valence-electron chi connectivity index (χ1n) is 3.11. The Balaban J connectivity index is 2.82. The van der Waals surface area contributed by atoms with Gasteiger partial charge in [-0.25, -0.2) is 0 Å². The maximum atomic E-state index is 9.21. The highest BCUT2D eigenvalue weighted by molar-refractivity contribution is 5.03. The van der Waals surface area contributed by atoms with Crippen LogP contribution in [0.5, 0.6) is 0 Å². The van der Waals surface area contributed by atoms with Crippen LogP contribution in [0.4, 0.5) is 0 Å². The normalized spacial score (nSPS) is 13.5. The monoisotopic (exact) mass is 141 g/mol. The molecule has 1 aromatic rings. The van der Waals surface area contributed by atoms with Crippen molar-refractivity contribution in [3.05, 3.63) is 18.0 Å². The van der Waals surface area contributed by atoms with Gasteiger partial charge in [0, 0.05) is 19.8 Å². The molecule has 0 amide bonds. The fourth-order valence-corrected chi connectivity index (χ4v) is 0.832. The van der Waals surface area contributed by atoms with Gasteiger partial charge in [0.25, 0.3) is 0 Å². The van der Waals surface area contributed by atoms with Gasteiger partial charge in [-0.2, -0.15) is 5.10 Å². The predicted octanol–water partition coefficient (Wildman–Crippen LogP) is -0.588. The maximum Gasteiger partial charge on any atom is 0.108 e. The molecule has 1 unspecified atom stereocenters. The van der Waals surface area contributed by atoms with Crippen molar-refractivity contribution in [2.45, 2.75) is 6.10 Å². The van der Waals surface area contributed by atoms with Gasteiger partial charge in [-0.3, -0.25) is 4.68 Å². The van der Waals surface area contributed by atoms with Crippen molar-refractivity contribution in [3.8, 4) is 0 Å². The summed E-state index contributed by atoms with van der Waals surface area (Å²) in [6.45, 7) is 0.236. The van der Waals surface area contributed by atoms with E-state index in [9.17, 15) is 5.11 Å². The molecule has 0 bridgehead atoms. The smallest absolute Gasteiger partial charge is 0.108 e. The van der Waals surface area contributed by atoms with Crippen LogP contribution in [0.1, 0.15) is 11.8 Å². The Labute approximate surface area is 59.3 Å². The first-order valence-corrected chi connectivity index (χ1v) is 3.11. The van der Waals surface area contributed by atoms with E-state index in [1.807, 2.05) is 0 Å². The number of aromatic nitrogens is 2. The average molecular weight is 141 g/mol. The quantitative estimate of drug-likeness (QED) is 0.578. The molecule has 0 fully saturated rings. The summed E-state index contributed by atoms with van der Waals surface area (Å²) in [5, 5.41) is 13.1. The molecule has 0 aromatic carbocycles. The van der Waals surface area contributed by atoms with Crippen LogP contribution in [0, 0.1) is 0 Å². The van der Waals surface area contributed by atoms with E-state index in [0.29, 0.717) is 0 Å². The topological polar surface area (TPSA) is 64.1 Å². The molecular weight excluding hydrogens is 130 g/mol. The lowest BCUT2D eigenvalue weighted by Crippen LogP contribution is -2.14. The molecule has 3 N–H and O–H groups in total. The van der Waals surface area contributed by atoms with Crippen molar-refractivity contribution >= 4 is 0 Å². The molecule has 4 heteroatoms. The molecular formula is C6H11N3O. The second-order valence-electron chi connectivity index (χ2n) is 2.13. The van der Waals surface area contributed by atoms with Crippen LogP contribution < -0.4 is 5.73 Å². The van der Waals surface area contributed by atoms with Crippen LogP contribution in [0.15, 0.2) is 12.3 Å². The first-order chi connectivity index (χ1) is 4.75. The van der Waals surface area contributed by atoms with Crippen LogP contribution in [0.2, 0.25) is 0 Å². The third-order valence-corrected chi connectivity index (χ3v) is 1.42. The average Bonchev–Trinajstić information content (AvgIpc) is 2.34. The summed E-state index contributed by atoms with van der Waals surface area (Å²) in [7, 11) is 1.77. The molecule has 0 saturated carbocycles. The highest BCUT2D eigenvalue weighted by atomic mass is 16.3. The number of hydrogen-bond donors (Lipinski definition) is 2. The molecule has 56 valence electrons. The SMILES string of the molecule is Cn1nccc1C(O)CN. The number of rotatable bonds is 2. The van der Waals surface area contributed by atoms with Crippen LogP contribution in [-0.2, 0) is 7.05 Å². The van der Waals surface area contributed by atoms with E-state index in [0.717, 1.165) is 5.69 Å². The largest absolute Gasteiger partial charge is 0.385 e. The number of nitrogens with zero attached hydrogens (tertiary/aromatic N) is 2. The Morgan fingerprint density at radius 2 is 2.60 bits per heavy atom. The molecule has 10 heavy (non-hydrogen) atoms. The van der Waals surface area contributed by atoms with Gasteiger partial charge in [0.1, 0.15) is 6.10 Å². The summed E-state index contributed by atoms with van der Waals surface area (Å²) in [6, 6.07) is 1.75. The lowest BCUT2D eigenvalue weighted by atomic mass is 10.2. The molecule has 4 nitrogen and oxygen atoms in total. The van der Waals surface area contributed by atoms with E-state index in [1.54, 1.807) is 24.0 Å². The Hall–Kier alpha value is -0.870. The number of aliphatic hydroxyl groups excluding tert-OH is 1. The predicted molar refractivity (Wildman–Crippen MR) is 37.2 cm³/mol. The van der Waals surface area contributed by atoms with E-state index >= 15 is 0 Å². The third kappa shape index (κ3) is 1.17. The molecule has 0 aliphatic rings. The van der Waals surface area contributed by atoms with Crippen molar-refractivity contribution in [2.75, 3.05) is 6.54 Å². The molecule has 1 atom stereocenters. The summed E-state index contributed by atoms with van der Waals surface area (Å²) in [6.07, 6.45) is 1.04. The lowest BCUT2D eigenvalue weighted by molar-refractivity contribution is 0.177. The van der Waals surface area contributed by atoms with E-state index in [-0.39, 0.29) is 6.54 Å². The number of aliphatic hydroxyl groups is 1. The van der Waals surface area contributed by atoms with Gasteiger partial charge >= 0.3 is 0 Å². The molecule has 0 aliphatic carbocycles.